The van der Waals surface area contributed by atoms with E-state index in [0.29, 0.717) is 5.56 Å². The molecule has 23 heavy (non-hydrogen) atoms. The maximum absolute atomic E-state index is 12.3. The maximum atomic E-state index is 12.3. The van der Waals surface area contributed by atoms with Gasteiger partial charge in [-0.2, -0.15) is 0 Å². The molecule has 7 nitrogen and oxygen atoms in total. The van der Waals surface area contributed by atoms with Crippen LogP contribution in [0.1, 0.15) is 5.56 Å². The van der Waals surface area contributed by atoms with Gasteiger partial charge >= 0.3 is 0 Å². The molecular weight excluding hydrogens is 320 g/mol. The zero-order valence-corrected chi connectivity index (χ0v) is 13.3. The Morgan fingerprint density at radius 2 is 1.78 bits per heavy atom. The van der Waals surface area contributed by atoms with Crippen molar-refractivity contribution < 1.29 is 24.2 Å². The molecule has 0 spiro atoms. The summed E-state index contributed by atoms with van der Waals surface area (Å²) in [6.07, 6.45) is 1.35. The SMILES string of the molecule is CN1C(=O)C(=Cc2ccccc2OCC(=O)[O-])C(=O)N(C)C1=S. The molecule has 1 aromatic rings. The van der Waals surface area contributed by atoms with Gasteiger partial charge in [-0.15, -0.1) is 0 Å². The monoisotopic (exact) mass is 333 g/mol. The normalized spacial score (nSPS) is 15.0. The highest BCUT2D eigenvalue weighted by molar-refractivity contribution is 7.80. The van der Waals surface area contributed by atoms with Crippen LogP contribution in [0.2, 0.25) is 0 Å². The molecule has 0 atom stereocenters. The van der Waals surface area contributed by atoms with Gasteiger partial charge in [0, 0.05) is 19.7 Å². The largest absolute Gasteiger partial charge is 0.546 e. The average Bonchev–Trinajstić information content (AvgIpc) is 2.54. The number of carboxylic acids is 1. The van der Waals surface area contributed by atoms with Crippen molar-refractivity contribution in [1.29, 1.82) is 0 Å². The number of carboxylic acid groups (broad SMARTS) is 1. The quantitative estimate of drug-likeness (QED) is 0.416. The summed E-state index contributed by atoms with van der Waals surface area (Å²) < 4.78 is 5.10. The molecule has 2 amide bonds. The van der Waals surface area contributed by atoms with Crippen molar-refractivity contribution in [1.82, 2.24) is 9.80 Å². The van der Waals surface area contributed by atoms with Gasteiger partial charge in [0.25, 0.3) is 11.8 Å². The third-order valence-corrected chi connectivity index (χ3v) is 3.76. The van der Waals surface area contributed by atoms with E-state index in [1.54, 1.807) is 18.2 Å². The molecule has 0 bridgehead atoms. The number of aliphatic carboxylic acids is 1. The van der Waals surface area contributed by atoms with Crippen LogP contribution in [-0.4, -0.2) is 53.4 Å². The van der Waals surface area contributed by atoms with E-state index in [1.807, 2.05) is 0 Å². The Morgan fingerprint density at radius 3 is 2.35 bits per heavy atom. The number of amides is 2. The number of rotatable bonds is 4. The summed E-state index contributed by atoms with van der Waals surface area (Å²) in [5.41, 5.74) is 0.313. The number of nitrogens with zero attached hydrogens (tertiary/aromatic N) is 2. The lowest BCUT2D eigenvalue weighted by atomic mass is 10.1. The molecule has 0 saturated carbocycles. The fourth-order valence-corrected chi connectivity index (χ4v) is 2.16. The molecule has 1 aromatic carbocycles. The molecule has 0 aromatic heterocycles. The van der Waals surface area contributed by atoms with Gasteiger partial charge in [-0.3, -0.25) is 19.4 Å². The van der Waals surface area contributed by atoms with E-state index in [-0.39, 0.29) is 16.4 Å². The van der Waals surface area contributed by atoms with Gasteiger partial charge in [0.15, 0.2) is 5.11 Å². The van der Waals surface area contributed by atoms with Crippen molar-refractivity contribution in [2.75, 3.05) is 20.7 Å². The van der Waals surface area contributed by atoms with Crippen LogP contribution in [-0.2, 0) is 14.4 Å². The highest BCUT2D eigenvalue weighted by Gasteiger charge is 2.35. The van der Waals surface area contributed by atoms with E-state index in [0.717, 1.165) is 0 Å². The standard InChI is InChI=1S/C15H14N2O5S/c1-16-13(20)10(14(21)17(2)15(16)23)7-9-5-3-4-6-11(9)22-8-12(18)19/h3-7H,8H2,1-2H3,(H,18,19)/p-1. The summed E-state index contributed by atoms with van der Waals surface area (Å²) in [5, 5.41) is 10.6. The van der Waals surface area contributed by atoms with Crippen molar-refractivity contribution >= 4 is 41.2 Å². The van der Waals surface area contributed by atoms with Crippen molar-refractivity contribution in [2.24, 2.45) is 0 Å². The van der Waals surface area contributed by atoms with Crippen LogP contribution in [0.25, 0.3) is 6.08 Å². The number of para-hydroxylation sites is 1. The summed E-state index contributed by atoms with van der Waals surface area (Å²) in [6, 6.07) is 6.45. The van der Waals surface area contributed by atoms with E-state index in [2.05, 4.69) is 0 Å². The highest BCUT2D eigenvalue weighted by Crippen LogP contribution is 2.24. The van der Waals surface area contributed by atoms with Gasteiger partial charge in [0.2, 0.25) is 0 Å². The van der Waals surface area contributed by atoms with Gasteiger partial charge in [-0.05, 0) is 24.4 Å². The Morgan fingerprint density at radius 1 is 1.22 bits per heavy atom. The summed E-state index contributed by atoms with van der Waals surface area (Å²) in [5.74, 6) is -2.22. The highest BCUT2D eigenvalue weighted by atomic mass is 32.1. The number of carbonyl (C=O) groups is 3. The number of likely N-dealkylation sites (N-methyl/N-ethyl adjacent to an activating group) is 2. The summed E-state index contributed by atoms with van der Waals surface area (Å²) in [4.78, 5) is 37.4. The first-order valence-electron chi connectivity index (χ1n) is 6.56. The third kappa shape index (κ3) is 3.37. The Balaban J connectivity index is 2.41. The van der Waals surface area contributed by atoms with Crippen molar-refractivity contribution in [3.63, 3.8) is 0 Å². The second-order valence-corrected chi connectivity index (χ2v) is 5.13. The number of ether oxygens (including phenoxy) is 1. The Hall–Kier alpha value is -2.74. The minimum atomic E-state index is -1.37. The third-order valence-electron chi connectivity index (χ3n) is 3.21. The minimum absolute atomic E-state index is 0.0897. The predicted molar refractivity (Wildman–Crippen MR) is 83.1 cm³/mol. The molecule has 8 heteroatoms. The number of carbonyl (C=O) groups excluding carboxylic acids is 3. The summed E-state index contributed by atoms with van der Waals surface area (Å²) in [6.45, 7) is -0.633. The van der Waals surface area contributed by atoms with Crippen LogP contribution < -0.4 is 9.84 Å². The lowest BCUT2D eigenvalue weighted by molar-refractivity contribution is -0.307. The van der Waals surface area contributed by atoms with Gasteiger partial charge in [0.1, 0.15) is 17.9 Å². The van der Waals surface area contributed by atoms with E-state index >= 15 is 0 Å². The van der Waals surface area contributed by atoms with Crippen LogP contribution in [0.5, 0.6) is 5.75 Å². The van der Waals surface area contributed by atoms with Crippen LogP contribution in [0, 0.1) is 0 Å². The summed E-state index contributed by atoms with van der Waals surface area (Å²) in [7, 11) is 2.94. The van der Waals surface area contributed by atoms with Gasteiger partial charge in [0.05, 0.1) is 5.97 Å². The van der Waals surface area contributed by atoms with Gasteiger partial charge in [-0.25, -0.2) is 0 Å². The number of hydrogen-bond acceptors (Lipinski definition) is 6. The second-order valence-electron chi connectivity index (χ2n) is 4.77. The minimum Gasteiger partial charge on any atom is -0.546 e. The molecule has 0 unspecified atom stereocenters. The molecule has 120 valence electrons. The van der Waals surface area contributed by atoms with E-state index in [4.69, 9.17) is 17.0 Å². The zero-order chi connectivity index (χ0) is 17.1. The van der Waals surface area contributed by atoms with Gasteiger partial charge in [-0.1, -0.05) is 18.2 Å². The van der Waals surface area contributed by atoms with Crippen molar-refractivity contribution in [3.05, 3.63) is 35.4 Å². The Labute approximate surface area is 137 Å². The first-order chi connectivity index (χ1) is 10.8. The van der Waals surface area contributed by atoms with E-state index in [1.165, 1.54) is 36.0 Å². The molecule has 0 radical (unpaired) electrons. The van der Waals surface area contributed by atoms with Crippen LogP contribution in [0.15, 0.2) is 29.8 Å². The average molecular weight is 333 g/mol. The molecule has 0 aliphatic carbocycles. The number of hydrogen-bond donors (Lipinski definition) is 0. The fourth-order valence-electron chi connectivity index (χ4n) is 2.00. The molecule has 0 N–H and O–H groups in total. The maximum Gasteiger partial charge on any atom is 0.265 e. The van der Waals surface area contributed by atoms with Crippen molar-refractivity contribution in [2.45, 2.75) is 0 Å². The van der Waals surface area contributed by atoms with E-state index in [9.17, 15) is 19.5 Å². The van der Waals surface area contributed by atoms with Gasteiger partial charge < -0.3 is 14.6 Å². The molecule has 1 heterocycles. The Kier molecular flexibility index (Phi) is 4.75. The van der Waals surface area contributed by atoms with Crippen molar-refractivity contribution in [3.8, 4) is 5.75 Å². The van der Waals surface area contributed by atoms with Crippen LogP contribution in [0.3, 0.4) is 0 Å². The molecule has 2 rings (SSSR count). The Bertz CT molecular complexity index is 702. The molecule has 1 aliphatic heterocycles. The summed E-state index contributed by atoms with van der Waals surface area (Å²) >= 11 is 5.00. The second kappa shape index (κ2) is 6.57. The molecule has 1 fully saturated rings. The van der Waals surface area contributed by atoms with E-state index < -0.39 is 24.4 Å². The predicted octanol–water partition coefficient (Wildman–Crippen LogP) is -0.586. The van der Waals surface area contributed by atoms with Crippen LogP contribution >= 0.6 is 12.2 Å². The lowest BCUT2D eigenvalue weighted by Crippen LogP contribution is -2.52. The fraction of sp³-hybridized carbons (Fsp3) is 0.200. The topological polar surface area (TPSA) is 90.0 Å². The number of thiocarbonyl (C=S) groups is 1. The number of benzene rings is 1. The molecule has 1 saturated heterocycles. The first kappa shape index (κ1) is 16.6. The zero-order valence-electron chi connectivity index (χ0n) is 12.4. The molecular formula is C15H13N2O5S-. The molecule has 1 aliphatic rings. The smallest absolute Gasteiger partial charge is 0.265 e. The first-order valence-corrected chi connectivity index (χ1v) is 6.97. The lowest BCUT2D eigenvalue weighted by Gasteiger charge is -2.31. The van der Waals surface area contributed by atoms with Crippen LogP contribution in [0.4, 0.5) is 0 Å².